The number of benzene rings is 1. The largest absolute Gasteiger partial charge is 0.493 e. The van der Waals surface area contributed by atoms with Crippen LogP contribution >= 0.6 is 11.6 Å². The maximum absolute atomic E-state index is 13.9. The number of hydrogen-bond donors (Lipinski definition) is 2. The molecule has 0 aliphatic rings. The number of amides is 2. The average Bonchev–Trinajstić information content (AvgIpc) is 3.47. The molecule has 33 heavy (non-hydrogen) atoms. The van der Waals surface area contributed by atoms with E-state index in [9.17, 15) is 14.3 Å². The van der Waals surface area contributed by atoms with Gasteiger partial charge in [-0.1, -0.05) is 11.6 Å². The standard InChI is InChI=1S/C20H19ClFN9O2/c1-2-29(10-18-26-12-27-30(18)13-3-5-15(21)16(22)7-13)20(33)24-9-17-25-11-28-31(17)14-4-6-19(32)23-8-14/h3-8,11-12H,2,9-10H2,1H3,(H,23,32)(H,24,33). The fourth-order valence-electron chi connectivity index (χ4n) is 3.08. The summed E-state index contributed by atoms with van der Waals surface area (Å²) < 4.78 is 16.8. The molecule has 4 rings (SSSR count). The van der Waals surface area contributed by atoms with Crippen molar-refractivity contribution < 1.29 is 14.3 Å². The Kier molecular flexibility index (Phi) is 6.45. The molecule has 2 N–H and O–H groups in total. The molecule has 11 nitrogen and oxygen atoms in total. The Morgan fingerprint density at radius 2 is 1.79 bits per heavy atom. The van der Waals surface area contributed by atoms with Crippen molar-refractivity contribution in [1.82, 2.24) is 44.7 Å². The van der Waals surface area contributed by atoms with Crippen LogP contribution in [0, 0.1) is 5.82 Å². The zero-order chi connectivity index (χ0) is 23.4. The van der Waals surface area contributed by atoms with Crippen LogP contribution in [0.15, 0.2) is 49.2 Å². The van der Waals surface area contributed by atoms with Gasteiger partial charge in [0, 0.05) is 18.7 Å². The molecule has 0 aliphatic carbocycles. The fourth-order valence-corrected chi connectivity index (χ4v) is 3.19. The molecule has 170 valence electrons. The number of pyridine rings is 1. The zero-order valence-corrected chi connectivity index (χ0v) is 18.2. The van der Waals surface area contributed by atoms with E-state index in [0.29, 0.717) is 29.6 Å². The first kappa shape index (κ1) is 22.1. The molecule has 0 saturated carbocycles. The van der Waals surface area contributed by atoms with Gasteiger partial charge < -0.3 is 15.3 Å². The van der Waals surface area contributed by atoms with Gasteiger partial charge in [0.15, 0.2) is 11.6 Å². The fraction of sp³-hybridized carbons (Fsp3) is 0.200. The SMILES string of the molecule is CCN(Cc1ncnn1-c1ccc(Cl)c(F)c1)C(=O)NCc1ncnn1-c1ccc(O)nc1. The molecule has 0 unspecified atom stereocenters. The van der Waals surface area contributed by atoms with Gasteiger partial charge in [0.1, 0.15) is 18.5 Å². The number of aromatic hydroxyl groups is 1. The molecule has 2 amide bonds. The van der Waals surface area contributed by atoms with Crippen LogP contribution in [0.1, 0.15) is 18.6 Å². The number of rotatable bonds is 7. The first-order valence-electron chi connectivity index (χ1n) is 9.87. The van der Waals surface area contributed by atoms with E-state index < -0.39 is 5.82 Å². The summed E-state index contributed by atoms with van der Waals surface area (Å²) >= 11 is 5.76. The summed E-state index contributed by atoms with van der Waals surface area (Å²) in [4.78, 5) is 26.5. The first-order chi connectivity index (χ1) is 16.0. The van der Waals surface area contributed by atoms with Crippen LogP contribution in [-0.2, 0) is 13.1 Å². The van der Waals surface area contributed by atoms with Gasteiger partial charge in [0.25, 0.3) is 0 Å². The summed E-state index contributed by atoms with van der Waals surface area (Å²) in [5, 5.41) is 20.4. The molecule has 0 fully saturated rings. The van der Waals surface area contributed by atoms with Crippen molar-refractivity contribution in [3.8, 4) is 17.3 Å². The molecule has 3 heterocycles. The minimum atomic E-state index is -0.575. The normalized spacial score (nSPS) is 10.9. The topological polar surface area (TPSA) is 127 Å². The lowest BCUT2D eigenvalue weighted by Gasteiger charge is -2.21. The van der Waals surface area contributed by atoms with Crippen LogP contribution in [0.5, 0.6) is 5.88 Å². The summed E-state index contributed by atoms with van der Waals surface area (Å²) in [6.07, 6.45) is 4.14. The molecular weight excluding hydrogens is 453 g/mol. The van der Waals surface area contributed by atoms with Gasteiger partial charge in [0.2, 0.25) is 5.88 Å². The number of aromatic nitrogens is 7. The minimum Gasteiger partial charge on any atom is -0.493 e. The second-order valence-electron chi connectivity index (χ2n) is 6.82. The average molecular weight is 472 g/mol. The number of urea groups is 1. The quantitative estimate of drug-likeness (QED) is 0.424. The van der Waals surface area contributed by atoms with Gasteiger partial charge in [-0.3, -0.25) is 0 Å². The van der Waals surface area contributed by atoms with E-state index in [-0.39, 0.29) is 30.0 Å². The summed E-state index contributed by atoms with van der Waals surface area (Å²) in [7, 11) is 0. The van der Waals surface area contributed by atoms with Crippen LogP contribution in [0.4, 0.5) is 9.18 Å². The Balaban J connectivity index is 1.44. The highest BCUT2D eigenvalue weighted by molar-refractivity contribution is 6.30. The summed E-state index contributed by atoms with van der Waals surface area (Å²) in [5.74, 6) is 0.244. The summed E-state index contributed by atoms with van der Waals surface area (Å²) in [6.45, 7) is 2.46. The van der Waals surface area contributed by atoms with Crippen LogP contribution in [-0.4, -0.2) is 57.1 Å². The van der Waals surface area contributed by atoms with Crippen LogP contribution < -0.4 is 5.32 Å². The lowest BCUT2D eigenvalue weighted by Crippen LogP contribution is -2.40. The van der Waals surface area contributed by atoms with Crippen molar-refractivity contribution in [3.05, 3.63) is 71.7 Å². The van der Waals surface area contributed by atoms with Gasteiger partial charge >= 0.3 is 6.03 Å². The Morgan fingerprint density at radius 1 is 1.09 bits per heavy atom. The number of nitrogens with zero attached hydrogens (tertiary/aromatic N) is 8. The Morgan fingerprint density at radius 3 is 2.45 bits per heavy atom. The molecule has 0 aliphatic heterocycles. The van der Waals surface area contributed by atoms with Crippen LogP contribution in [0.2, 0.25) is 5.02 Å². The minimum absolute atomic E-state index is 0.00548. The number of nitrogens with one attached hydrogen (secondary N) is 1. The van der Waals surface area contributed by atoms with Crippen LogP contribution in [0.3, 0.4) is 0 Å². The van der Waals surface area contributed by atoms with Crippen molar-refractivity contribution in [3.63, 3.8) is 0 Å². The number of carbonyl (C=O) groups excluding carboxylic acids is 1. The van der Waals surface area contributed by atoms with Crippen molar-refractivity contribution in [2.75, 3.05) is 6.54 Å². The second-order valence-corrected chi connectivity index (χ2v) is 7.23. The molecule has 3 aromatic heterocycles. The third-order valence-corrected chi connectivity index (χ3v) is 5.07. The van der Waals surface area contributed by atoms with Gasteiger partial charge in [-0.05, 0) is 25.1 Å². The smallest absolute Gasteiger partial charge is 0.318 e. The van der Waals surface area contributed by atoms with E-state index in [4.69, 9.17) is 11.6 Å². The monoisotopic (exact) mass is 471 g/mol. The highest BCUT2D eigenvalue weighted by atomic mass is 35.5. The van der Waals surface area contributed by atoms with Crippen molar-refractivity contribution >= 4 is 17.6 Å². The van der Waals surface area contributed by atoms with Gasteiger partial charge in [-0.15, -0.1) is 0 Å². The zero-order valence-electron chi connectivity index (χ0n) is 17.4. The predicted molar refractivity (Wildman–Crippen MR) is 115 cm³/mol. The maximum Gasteiger partial charge on any atom is 0.318 e. The lowest BCUT2D eigenvalue weighted by atomic mass is 10.3. The molecule has 0 atom stereocenters. The molecule has 1 aromatic carbocycles. The van der Waals surface area contributed by atoms with E-state index in [1.165, 1.54) is 51.3 Å². The number of halogens is 2. The molecule has 4 aromatic rings. The molecule has 0 bridgehead atoms. The molecule has 0 radical (unpaired) electrons. The summed E-state index contributed by atoms with van der Waals surface area (Å²) in [6, 6.07) is 7.01. The van der Waals surface area contributed by atoms with Crippen molar-refractivity contribution in [1.29, 1.82) is 0 Å². The molecular formula is C20H19ClFN9O2. The first-order valence-corrected chi connectivity index (χ1v) is 10.3. The number of hydrogen-bond acceptors (Lipinski definition) is 7. The molecule has 0 spiro atoms. The van der Waals surface area contributed by atoms with E-state index in [1.807, 2.05) is 6.92 Å². The van der Waals surface area contributed by atoms with E-state index in [2.05, 4.69) is 30.5 Å². The highest BCUT2D eigenvalue weighted by Crippen LogP contribution is 2.19. The Bertz CT molecular complexity index is 1260. The molecule has 0 saturated heterocycles. The van der Waals surface area contributed by atoms with E-state index in [1.54, 1.807) is 12.1 Å². The highest BCUT2D eigenvalue weighted by Gasteiger charge is 2.18. The van der Waals surface area contributed by atoms with Gasteiger partial charge in [0.05, 0.1) is 35.7 Å². The van der Waals surface area contributed by atoms with E-state index >= 15 is 0 Å². The predicted octanol–water partition coefficient (Wildman–Crippen LogP) is 2.47. The summed E-state index contributed by atoms with van der Waals surface area (Å²) in [5.41, 5.74) is 1.03. The number of carbonyl (C=O) groups is 1. The third-order valence-electron chi connectivity index (χ3n) is 4.76. The lowest BCUT2D eigenvalue weighted by molar-refractivity contribution is 0.195. The maximum atomic E-state index is 13.9. The molecule has 13 heteroatoms. The third kappa shape index (κ3) is 4.90. The Labute approximate surface area is 192 Å². The van der Waals surface area contributed by atoms with Crippen molar-refractivity contribution in [2.24, 2.45) is 0 Å². The second kappa shape index (κ2) is 9.61. The van der Waals surface area contributed by atoms with Crippen molar-refractivity contribution in [2.45, 2.75) is 20.0 Å². The van der Waals surface area contributed by atoms with Gasteiger partial charge in [-0.2, -0.15) is 10.2 Å². The van der Waals surface area contributed by atoms with Gasteiger partial charge in [-0.25, -0.2) is 33.5 Å². The van der Waals surface area contributed by atoms with E-state index in [0.717, 1.165) is 0 Å². The van der Waals surface area contributed by atoms with Crippen LogP contribution in [0.25, 0.3) is 11.4 Å². The Hall–Kier alpha value is -4.06.